The van der Waals surface area contributed by atoms with E-state index < -0.39 is 11.9 Å². The minimum Gasteiger partial charge on any atom is -0.392 e. The molecule has 8 nitrogen and oxygen atoms in total. The summed E-state index contributed by atoms with van der Waals surface area (Å²) < 4.78 is 0. The maximum absolute atomic E-state index is 12.8. The Morgan fingerprint density at radius 2 is 2.03 bits per heavy atom. The third-order valence-electron chi connectivity index (χ3n) is 5.60. The van der Waals surface area contributed by atoms with Crippen molar-refractivity contribution in [2.75, 3.05) is 5.73 Å². The first-order chi connectivity index (χ1) is 14.3. The van der Waals surface area contributed by atoms with E-state index in [4.69, 9.17) is 12.3 Å². The molecule has 8 heteroatoms. The quantitative estimate of drug-likeness (QED) is 0.605. The number of pyridine rings is 1. The highest BCUT2D eigenvalue weighted by Crippen LogP contribution is 2.36. The zero-order valence-corrected chi connectivity index (χ0v) is 16.7. The number of imide groups is 1. The molecule has 0 saturated carbocycles. The van der Waals surface area contributed by atoms with E-state index >= 15 is 0 Å². The number of hydrogen-bond donors (Lipinski definition) is 2. The van der Waals surface area contributed by atoms with Gasteiger partial charge >= 0.3 is 0 Å². The van der Waals surface area contributed by atoms with Crippen molar-refractivity contribution in [2.45, 2.75) is 45.2 Å². The molecule has 1 saturated heterocycles. The molecule has 3 N–H and O–H groups in total. The van der Waals surface area contributed by atoms with Crippen molar-refractivity contribution in [3.63, 3.8) is 0 Å². The van der Waals surface area contributed by atoms with Crippen molar-refractivity contribution < 1.29 is 14.4 Å². The Bertz CT molecular complexity index is 1130. The molecular weight excluding hydrogens is 382 g/mol. The molecule has 4 rings (SSSR count). The number of nitrogens with zero attached hydrogens (tertiary/aromatic N) is 3. The lowest BCUT2D eigenvalue weighted by Crippen LogP contribution is -2.52. The molecule has 0 spiro atoms. The van der Waals surface area contributed by atoms with Crippen molar-refractivity contribution >= 4 is 29.2 Å². The lowest BCUT2D eigenvalue weighted by Gasteiger charge is -2.29. The highest BCUT2D eigenvalue weighted by atomic mass is 16.2. The van der Waals surface area contributed by atoms with Crippen LogP contribution in [0.4, 0.5) is 11.5 Å². The van der Waals surface area contributed by atoms with Crippen LogP contribution in [0, 0.1) is 6.57 Å². The average Bonchev–Trinajstić information content (AvgIpc) is 3.03. The van der Waals surface area contributed by atoms with Crippen molar-refractivity contribution in [2.24, 2.45) is 0 Å². The summed E-state index contributed by atoms with van der Waals surface area (Å²) >= 11 is 0. The fourth-order valence-corrected chi connectivity index (χ4v) is 4.02. The fourth-order valence-electron chi connectivity index (χ4n) is 4.02. The first kappa shape index (κ1) is 19.6. The molecular formula is C22H21N5O3. The summed E-state index contributed by atoms with van der Waals surface area (Å²) in [7, 11) is 0. The van der Waals surface area contributed by atoms with Gasteiger partial charge in [-0.25, -0.2) is 9.83 Å². The van der Waals surface area contributed by atoms with E-state index in [1.165, 1.54) is 4.90 Å². The summed E-state index contributed by atoms with van der Waals surface area (Å²) in [6.07, 6.45) is 0.543. The predicted octanol–water partition coefficient (Wildman–Crippen LogP) is 2.77. The molecule has 3 amide bonds. The number of aromatic nitrogens is 1. The first-order valence-corrected chi connectivity index (χ1v) is 9.76. The van der Waals surface area contributed by atoms with E-state index in [1.807, 2.05) is 26.0 Å². The molecule has 1 fully saturated rings. The number of rotatable bonds is 3. The summed E-state index contributed by atoms with van der Waals surface area (Å²) in [6, 6.07) is 6.63. The third kappa shape index (κ3) is 3.18. The molecule has 2 aliphatic heterocycles. The molecule has 152 valence electrons. The molecule has 1 aromatic carbocycles. The van der Waals surface area contributed by atoms with Gasteiger partial charge in [0.1, 0.15) is 11.9 Å². The predicted molar refractivity (Wildman–Crippen MR) is 110 cm³/mol. The molecule has 1 atom stereocenters. The highest BCUT2D eigenvalue weighted by molar-refractivity contribution is 6.05. The number of nitrogen functional groups attached to an aromatic ring is 1. The van der Waals surface area contributed by atoms with Crippen LogP contribution in [0.5, 0.6) is 0 Å². The number of hydrogen-bond acceptors (Lipinski definition) is 5. The maximum Gasteiger partial charge on any atom is 0.255 e. The van der Waals surface area contributed by atoms with E-state index in [0.29, 0.717) is 29.9 Å². The Hall–Kier alpha value is -3.73. The first-order valence-electron chi connectivity index (χ1n) is 9.76. The Balaban J connectivity index is 1.68. The second kappa shape index (κ2) is 7.26. The minimum atomic E-state index is -0.648. The van der Waals surface area contributed by atoms with Crippen LogP contribution in [-0.2, 0) is 16.1 Å². The number of nitrogens with two attached hydrogens (primary N) is 1. The Kier molecular flexibility index (Phi) is 4.74. The number of anilines is 1. The van der Waals surface area contributed by atoms with Crippen LogP contribution in [0.1, 0.15) is 54.1 Å². The van der Waals surface area contributed by atoms with Gasteiger partial charge < -0.3 is 10.6 Å². The van der Waals surface area contributed by atoms with Gasteiger partial charge in [0, 0.05) is 24.1 Å². The topological polar surface area (TPSA) is 110 Å². The number of carbonyl (C=O) groups is 3. The second-order valence-electron chi connectivity index (χ2n) is 7.87. The van der Waals surface area contributed by atoms with E-state index in [-0.39, 0.29) is 30.0 Å². The summed E-state index contributed by atoms with van der Waals surface area (Å²) in [4.78, 5) is 45.9. The summed E-state index contributed by atoms with van der Waals surface area (Å²) in [5.74, 6) is -0.664. The number of carbonyl (C=O) groups excluding carboxylic acids is 3. The standard InChI is InChI=1S/C22H21N5O3/c1-11(2)15-9-16(25-20(23)19(15)24-3)12-4-5-14-13(8-12)10-27(22(14)30)17-6-7-18(28)26-21(17)29/h4-5,8-9,11,17H,6-7,10H2,1-2H3,(H2,23,25)(H,26,28,29). The molecule has 0 radical (unpaired) electrons. The molecule has 0 aliphatic carbocycles. The van der Waals surface area contributed by atoms with Gasteiger partial charge in [0.25, 0.3) is 5.91 Å². The molecule has 3 heterocycles. The van der Waals surface area contributed by atoms with Crippen LogP contribution < -0.4 is 11.1 Å². The van der Waals surface area contributed by atoms with Gasteiger partial charge in [0.05, 0.1) is 12.3 Å². The molecule has 1 aromatic heterocycles. The second-order valence-corrected chi connectivity index (χ2v) is 7.87. The lowest BCUT2D eigenvalue weighted by atomic mass is 9.98. The van der Waals surface area contributed by atoms with Crippen LogP contribution in [0.2, 0.25) is 0 Å². The van der Waals surface area contributed by atoms with E-state index in [2.05, 4.69) is 15.1 Å². The summed E-state index contributed by atoms with van der Waals surface area (Å²) in [5, 5.41) is 2.30. The lowest BCUT2D eigenvalue weighted by molar-refractivity contribution is -0.136. The minimum absolute atomic E-state index is 0.108. The zero-order valence-electron chi connectivity index (χ0n) is 16.7. The number of nitrogens with one attached hydrogen (secondary N) is 1. The van der Waals surface area contributed by atoms with Gasteiger partial charge in [0.15, 0.2) is 0 Å². The normalized spacial score (nSPS) is 18.4. The number of benzene rings is 1. The molecule has 2 aliphatic rings. The molecule has 30 heavy (non-hydrogen) atoms. The van der Waals surface area contributed by atoms with Crippen LogP contribution in [-0.4, -0.2) is 33.6 Å². The van der Waals surface area contributed by atoms with Crippen molar-refractivity contribution in [1.29, 1.82) is 0 Å². The largest absolute Gasteiger partial charge is 0.392 e. The van der Waals surface area contributed by atoms with Gasteiger partial charge in [-0.1, -0.05) is 19.9 Å². The van der Waals surface area contributed by atoms with Crippen molar-refractivity contribution in [3.8, 4) is 11.3 Å². The van der Waals surface area contributed by atoms with Gasteiger partial charge in [-0.15, -0.1) is 0 Å². The number of amides is 3. The monoisotopic (exact) mass is 403 g/mol. The van der Waals surface area contributed by atoms with Gasteiger partial charge in [-0.05, 0) is 41.7 Å². The SMILES string of the molecule is [C-]#[N+]c1c(C(C)C)cc(-c2ccc3c(c2)CN(C2CCC(=O)NC2=O)C3=O)nc1N. The average molecular weight is 403 g/mol. The van der Waals surface area contributed by atoms with Gasteiger partial charge in [-0.2, -0.15) is 0 Å². The van der Waals surface area contributed by atoms with Gasteiger partial charge in [-0.3, -0.25) is 19.7 Å². The Morgan fingerprint density at radius 1 is 1.27 bits per heavy atom. The summed E-state index contributed by atoms with van der Waals surface area (Å²) in [5.41, 5.74) is 9.99. The van der Waals surface area contributed by atoms with E-state index in [9.17, 15) is 14.4 Å². The van der Waals surface area contributed by atoms with Crippen LogP contribution in [0.3, 0.4) is 0 Å². The molecule has 1 unspecified atom stereocenters. The third-order valence-corrected chi connectivity index (χ3v) is 5.60. The zero-order chi connectivity index (χ0) is 21.6. The summed E-state index contributed by atoms with van der Waals surface area (Å²) in [6.45, 7) is 11.7. The van der Waals surface area contributed by atoms with Crippen LogP contribution in [0.25, 0.3) is 16.1 Å². The van der Waals surface area contributed by atoms with E-state index in [1.54, 1.807) is 12.1 Å². The number of piperidine rings is 1. The molecule has 2 aromatic rings. The van der Waals surface area contributed by atoms with Crippen LogP contribution >= 0.6 is 0 Å². The Labute approximate surface area is 173 Å². The maximum atomic E-state index is 12.8. The van der Waals surface area contributed by atoms with Gasteiger partial charge in [0.2, 0.25) is 17.5 Å². The Morgan fingerprint density at radius 3 is 2.70 bits per heavy atom. The molecule has 0 bridgehead atoms. The highest BCUT2D eigenvalue weighted by Gasteiger charge is 2.39. The smallest absolute Gasteiger partial charge is 0.255 e. The van der Waals surface area contributed by atoms with Crippen LogP contribution in [0.15, 0.2) is 24.3 Å². The number of fused-ring (bicyclic) bond motifs is 1. The van der Waals surface area contributed by atoms with Crippen molar-refractivity contribution in [1.82, 2.24) is 15.2 Å². The van der Waals surface area contributed by atoms with E-state index in [0.717, 1.165) is 16.7 Å². The van der Waals surface area contributed by atoms with Crippen molar-refractivity contribution in [3.05, 3.63) is 52.4 Å². The fraction of sp³-hybridized carbons (Fsp3) is 0.318.